The van der Waals surface area contributed by atoms with Crippen LogP contribution in [0.2, 0.25) is 0 Å². The smallest absolute Gasteiger partial charge is 0.235 e. The lowest BCUT2D eigenvalue weighted by Gasteiger charge is -2.34. The van der Waals surface area contributed by atoms with Crippen molar-refractivity contribution in [2.24, 2.45) is 5.41 Å². The van der Waals surface area contributed by atoms with Crippen molar-refractivity contribution in [3.63, 3.8) is 0 Å². The molecule has 1 aromatic heterocycles. The monoisotopic (exact) mass is 486 g/mol. The minimum Gasteiger partial charge on any atom is -0.495 e. The number of hydrogen-bond donors (Lipinski definition) is 0. The Balaban J connectivity index is 1.60. The second kappa shape index (κ2) is 10.3. The topological polar surface area (TPSA) is 47.7 Å². The van der Waals surface area contributed by atoms with Gasteiger partial charge < -0.3 is 18.9 Å². The van der Waals surface area contributed by atoms with E-state index in [0.717, 1.165) is 46.3 Å². The third-order valence-electron chi connectivity index (χ3n) is 6.67. The Morgan fingerprint density at radius 1 is 1.03 bits per heavy atom. The molecule has 0 saturated heterocycles. The Morgan fingerprint density at radius 2 is 1.75 bits per heavy atom. The van der Waals surface area contributed by atoms with Gasteiger partial charge in [0.15, 0.2) is 11.5 Å². The Morgan fingerprint density at radius 3 is 2.36 bits per heavy atom. The maximum atomic E-state index is 6.37. The molecular formula is C31H38N2O3. The van der Waals surface area contributed by atoms with Gasteiger partial charge in [0, 0.05) is 17.3 Å². The van der Waals surface area contributed by atoms with Crippen LogP contribution in [0.3, 0.4) is 0 Å². The van der Waals surface area contributed by atoms with Gasteiger partial charge in [-0.2, -0.15) is 0 Å². The van der Waals surface area contributed by atoms with E-state index in [9.17, 15) is 0 Å². The van der Waals surface area contributed by atoms with Gasteiger partial charge in [-0.3, -0.25) is 0 Å². The summed E-state index contributed by atoms with van der Waals surface area (Å²) in [5.41, 5.74) is 8.10. The second-order valence-electron chi connectivity index (χ2n) is 10.8. The summed E-state index contributed by atoms with van der Waals surface area (Å²) in [5.74, 6) is 2.26. The molecule has 5 heteroatoms. The van der Waals surface area contributed by atoms with E-state index in [1.807, 2.05) is 19.9 Å². The van der Waals surface area contributed by atoms with Crippen molar-refractivity contribution in [2.75, 3.05) is 12.0 Å². The van der Waals surface area contributed by atoms with Crippen LogP contribution in [0.4, 0.5) is 5.88 Å². The van der Waals surface area contributed by atoms with Crippen LogP contribution in [0.5, 0.6) is 0 Å². The van der Waals surface area contributed by atoms with Crippen LogP contribution < -0.4 is 4.90 Å². The summed E-state index contributed by atoms with van der Waals surface area (Å²) >= 11 is 0. The third kappa shape index (κ3) is 5.35. The van der Waals surface area contributed by atoms with Gasteiger partial charge in [0.2, 0.25) is 5.88 Å². The molecule has 36 heavy (non-hydrogen) atoms. The van der Waals surface area contributed by atoms with Gasteiger partial charge in [-0.05, 0) is 61.8 Å². The minimum absolute atomic E-state index is 0.0852. The van der Waals surface area contributed by atoms with E-state index in [0.29, 0.717) is 6.61 Å². The highest BCUT2D eigenvalue weighted by Gasteiger charge is 2.32. The molecule has 0 amide bonds. The van der Waals surface area contributed by atoms with E-state index in [-0.39, 0.29) is 11.5 Å². The second-order valence-corrected chi connectivity index (χ2v) is 10.8. The van der Waals surface area contributed by atoms with Gasteiger partial charge in [0.1, 0.15) is 6.61 Å². The molecule has 4 rings (SSSR count). The summed E-state index contributed by atoms with van der Waals surface area (Å²) in [7, 11) is 1.69. The standard InChI is InChI=1S/C31H38N2O3/c1-20-16-28(29(34-8)23(4)33(20)30-21(2)22(3)32-36-30)35-19-24-14-15-27(25-12-10-9-11-13-25)26(17-24)18-31(5,6)7/h9-17,23H,18-19H2,1-8H3. The van der Waals surface area contributed by atoms with Crippen molar-refractivity contribution in [3.8, 4) is 11.1 Å². The summed E-state index contributed by atoms with van der Waals surface area (Å²) < 4.78 is 17.8. The first-order chi connectivity index (χ1) is 17.1. The molecule has 1 unspecified atom stereocenters. The van der Waals surface area contributed by atoms with E-state index in [4.69, 9.17) is 14.0 Å². The van der Waals surface area contributed by atoms with Crippen LogP contribution in [-0.2, 0) is 22.5 Å². The lowest BCUT2D eigenvalue weighted by atomic mass is 9.84. The molecule has 0 spiro atoms. The predicted molar refractivity (Wildman–Crippen MR) is 146 cm³/mol. The van der Waals surface area contributed by atoms with E-state index < -0.39 is 0 Å². The quantitative estimate of drug-likeness (QED) is 0.342. The fraction of sp³-hybridized carbons (Fsp3) is 0.387. The highest BCUT2D eigenvalue weighted by atomic mass is 16.5. The molecular weight excluding hydrogens is 448 g/mol. The van der Waals surface area contributed by atoms with Gasteiger partial charge in [0.05, 0.1) is 18.8 Å². The Kier molecular flexibility index (Phi) is 7.30. The van der Waals surface area contributed by atoms with Gasteiger partial charge in [0.25, 0.3) is 0 Å². The number of rotatable bonds is 7. The van der Waals surface area contributed by atoms with Crippen molar-refractivity contribution < 1.29 is 14.0 Å². The van der Waals surface area contributed by atoms with Crippen molar-refractivity contribution >= 4 is 5.88 Å². The SMILES string of the molecule is COC1=C(OCc2ccc(-c3ccccc3)c(CC(C)(C)C)c2)C=C(C)N(c2onc(C)c2C)C1C. The third-order valence-corrected chi connectivity index (χ3v) is 6.67. The number of allylic oxidation sites excluding steroid dienone is 2. The van der Waals surface area contributed by atoms with E-state index in [1.54, 1.807) is 7.11 Å². The number of methoxy groups -OCH3 is 1. The average molecular weight is 487 g/mol. The molecule has 190 valence electrons. The van der Waals surface area contributed by atoms with Crippen LogP contribution in [0.1, 0.15) is 57.0 Å². The summed E-state index contributed by atoms with van der Waals surface area (Å²) in [6, 6.07) is 17.2. The first-order valence-electron chi connectivity index (χ1n) is 12.6. The Hall–Kier alpha value is -3.47. The molecule has 3 aromatic rings. The maximum Gasteiger partial charge on any atom is 0.235 e. The summed E-state index contributed by atoms with van der Waals surface area (Å²) in [6.45, 7) is 15.4. The first kappa shape index (κ1) is 25.6. The van der Waals surface area contributed by atoms with Gasteiger partial charge in [-0.15, -0.1) is 0 Å². The van der Waals surface area contributed by atoms with Crippen molar-refractivity contribution in [1.82, 2.24) is 5.16 Å². The molecule has 1 aliphatic heterocycles. The zero-order valence-electron chi connectivity index (χ0n) is 22.8. The fourth-order valence-corrected chi connectivity index (χ4v) is 4.82. The zero-order chi connectivity index (χ0) is 26.0. The van der Waals surface area contributed by atoms with Crippen LogP contribution in [0.25, 0.3) is 11.1 Å². The van der Waals surface area contributed by atoms with Crippen molar-refractivity contribution in [3.05, 3.63) is 94.2 Å². The Bertz CT molecular complexity index is 1280. The molecule has 0 fully saturated rings. The van der Waals surface area contributed by atoms with E-state index in [2.05, 4.69) is 93.2 Å². The van der Waals surface area contributed by atoms with Gasteiger partial charge in [-0.1, -0.05) is 74.5 Å². The molecule has 2 aromatic carbocycles. The van der Waals surface area contributed by atoms with E-state index >= 15 is 0 Å². The van der Waals surface area contributed by atoms with Crippen LogP contribution in [-0.4, -0.2) is 18.3 Å². The van der Waals surface area contributed by atoms with Crippen LogP contribution >= 0.6 is 0 Å². The Labute approximate surface area is 215 Å². The fourth-order valence-electron chi connectivity index (χ4n) is 4.82. The molecule has 0 aliphatic carbocycles. The van der Waals surface area contributed by atoms with Crippen molar-refractivity contribution in [2.45, 2.75) is 67.5 Å². The number of benzene rings is 2. The van der Waals surface area contributed by atoms with Crippen molar-refractivity contribution in [1.29, 1.82) is 0 Å². The van der Waals surface area contributed by atoms with Crippen LogP contribution in [0, 0.1) is 19.3 Å². The summed E-state index contributed by atoms with van der Waals surface area (Å²) in [5, 5.41) is 4.14. The zero-order valence-corrected chi connectivity index (χ0v) is 22.8. The summed E-state index contributed by atoms with van der Waals surface area (Å²) in [6.07, 6.45) is 3.00. The molecule has 1 aliphatic rings. The molecule has 0 bridgehead atoms. The highest BCUT2D eigenvalue weighted by molar-refractivity contribution is 5.68. The van der Waals surface area contributed by atoms with Crippen LogP contribution in [0.15, 0.2) is 76.3 Å². The highest BCUT2D eigenvalue weighted by Crippen LogP contribution is 2.36. The average Bonchev–Trinajstić information content (AvgIpc) is 3.15. The number of nitrogens with zero attached hydrogens (tertiary/aromatic N) is 2. The number of ether oxygens (including phenoxy) is 2. The number of aromatic nitrogens is 1. The van der Waals surface area contributed by atoms with E-state index in [1.165, 1.54) is 16.7 Å². The molecule has 1 atom stereocenters. The largest absolute Gasteiger partial charge is 0.495 e. The number of aryl methyl sites for hydroxylation is 1. The summed E-state index contributed by atoms with van der Waals surface area (Å²) in [4.78, 5) is 2.11. The molecule has 0 saturated carbocycles. The maximum absolute atomic E-state index is 6.37. The molecule has 0 radical (unpaired) electrons. The molecule has 5 nitrogen and oxygen atoms in total. The molecule has 0 N–H and O–H groups in total. The van der Waals surface area contributed by atoms with Gasteiger partial charge in [-0.25, -0.2) is 0 Å². The molecule has 2 heterocycles. The number of hydrogen-bond acceptors (Lipinski definition) is 5. The van der Waals surface area contributed by atoms with Gasteiger partial charge >= 0.3 is 0 Å². The first-order valence-corrected chi connectivity index (χ1v) is 12.6. The lowest BCUT2D eigenvalue weighted by molar-refractivity contribution is 0.165. The lowest BCUT2D eigenvalue weighted by Crippen LogP contribution is -2.37. The predicted octanol–water partition coefficient (Wildman–Crippen LogP) is 7.73. The number of anilines is 1. The minimum atomic E-state index is -0.0852. The normalized spacial score (nSPS) is 16.3.